The molecule has 29 heavy (non-hydrogen) atoms. The summed E-state index contributed by atoms with van der Waals surface area (Å²) in [6.07, 6.45) is 15.5. The summed E-state index contributed by atoms with van der Waals surface area (Å²) < 4.78 is 0. The molecule has 0 aromatic heterocycles. The van der Waals surface area contributed by atoms with Crippen molar-refractivity contribution < 1.29 is 9.59 Å². The zero-order chi connectivity index (χ0) is 21.9. The molecule has 0 aromatic rings. The van der Waals surface area contributed by atoms with Crippen LogP contribution in [0.5, 0.6) is 0 Å². The third-order valence-electron chi connectivity index (χ3n) is 4.68. The number of likely N-dealkylation sites (N-methyl/N-ethyl adjacent to an activating group) is 1. The zero-order valence-corrected chi connectivity index (χ0v) is 19.5. The summed E-state index contributed by atoms with van der Waals surface area (Å²) in [5.74, 6) is 0.244. The van der Waals surface area contributed by atoms with Gasteiger partial charge in [-0.25, -0.2) is 0 Å². The number of carbonyl (C=O) groups is 2. The summed E-state index contributed by atoms with van der Waals surface area (Å²) in [6.45, 7) is 12.9. The van der Waals surface area contributed by atoms with Crippen LogP contribution in [-0.2, 0) is 9.59 Å². The molecule has 168 valence electrons. The average molecular weight is 408 g/mol. The second kappa shape index (κ2) is 18.4. The van der Waals surface area contributed by atoms with E-state index in [2.05, 4.69) is 60.6 Å². The van der Waals surface area contributed by atoms with Gasteiger partial charge in [-0.05, 0) is 58.9 Å². The van der Waals surface area contributed by atoms with E-state index in [0.29, 0.717) is 12.8 Å². The Morgan fingerprint density at radius 2 is 1.17 bits per heavy atom. The van der Waals surface area contributed by atoms with Gasteiger partial charge in [0, 0.05) is 38.0 Å². The van der Waals surface area contributed by atoms with Crippen molar-refractivity contribution in [1.82, 2.24) is 15.5 Å². The molecule has 2 atom stereocenters. The van der Waals surface area contributed by atoms with Gasteiger partial charge >= 0.3 is 0 Å². The summed E-state index contributed by atoms with van der Waals surface area (Å²) >= 11 is 0. The van der Waals surface area contributed by atoms with Crippen molar-refractivity contribution in [1.29, 1.82) is 0 Å². The first-order chi connectivity index (χ1) is 13.9. The van der Waals surface area contributed by atoms with Gasteiger partial charge in [0.25, 0.3) is 0 Å². The molecule has 0 aromatic carbocycles. The maximum atomic E-state index is 12.1. The molecular weight excluding hydrogens is 362 g/mol. The molecule has 0 fully saturated rings. The Bertz CT molecular complexity index is 447. The molecule has 0 aliphatic heterocycles. The van der Waals surface area contributed by atoms with E-state index >= 15 is 0 Å². The lowest BCUT2D eigenvalue weighted by molar-refractivity contribution is -0.122. The topological polar surface area (TPSA) is 61.4 Å². The molecule has 0 rings (SSSR count). The highest BCUT2D eigenvalue weighted by atomic mass is 16.2. The van der Waals surface area contributed by atoms with Gasteiger partial charge in [0.1, 0.15) is 0 Å². The van der Waals surface area contributed by atoms with Crippen LogP contribution >= 0.6 is 0 Å². The molecule has 0 spiro atoms. The fourth-order valence-corrected chi connectivity index (χ4v) is 3.22. The zero-order valence-electron chi connectivity index (χ0n) is 19.5. The van der Waals surface area contributed by atoms with Gasteiger partial charge in [0.05, 0.1) is 0 Å². The molecular formula is C24H45N3O2. The second-order valence-electron chi connectivity index (χ2n) is 7.83. The van der Waals surface area contributed by atoms with Crippen molar-refractivity contribution in [2.75, 3.05) is 19.6 Å². The van der Waals surface area contributed by atoms with E-state index in [0.717, 1.165) is 58.2 Å². The van der Waals surface area contributed by atoms with Crippen LogP contribution in [0.15, 0.2) is 24.3 Å². The van der Waals surface area contributed by atoms with Gasteiger partial charge in [-0.1, -0.05) is 45.1 Å². The van der Waals surface area contributed by atoms with Crippen LogP contribution in [0, 0.1) is 0 Å². The second-order valence-corrected chi connectivity index (χ2v) is 7.83. The Labute approximate surface area is 179 Å². The first-order valence-electron chi connectivity index (χ1n) is 11.5. The molecule has 0 aliphatic rings. The van der Waals surface area contributed by atoms with Gasteiger partial charge in [-0.3, -0.25) is 14.5 Å². The minimum atomic E-state index is 0.0990. The minimum absolute atomic E-state index is 0.0990. The Morgan fingerprint density at radius 1 is 0.759 bits per heavy atom. The van der Waals surface area contributed by atoms with Gasteiger partial charge in [-0.2, -0.15) is 0 Å². The quantitative estimate of drug-likeness (QED) is 0.274. The van der Waals surface area contributed by atoms with Crippen LogP contribution < -0.4 is 10.6 Å². The lowest BCUT2D eigenvalue weighted by atomic mass is 10.2. The van der Waals surface area contributed by atoms with E-state index in [1.165, 1.54) is 0 Å². The number of carbonyl (C=O) groups excluding carboxylic acids is 2. The van der Waals surface area contributed by atoms with Crippen LogP contribution in [0.25, 0.3) is 0 Å². The Kier molecular flexibility index (Phi) is 17.4. The normalized spacial score (nSPS) is 13.9. The highest BCUT2D eigenvalue weighted by Gasteiger charge is 2.15. The summed E-state index contributed by atoms with van der Waals surface area (Å²) in [6, 6.07) is 0.198. The van der Waals surface area contributed by atoms with Gasteiger partial charge < -0.3 is 10.6 Å². The van der Waals surface area contributed by atoms with Crippen LogP contribution in [-0.4, -0.2) is 48.4 Å². The number of hydrogen-bond acceptors (Lipinski definition) is 3. The Hall–Kier alpha value is -1.62. The van der Waals surface area contributed by atoms with Crippen LogP contribution in [0.4, 0.5) is 0 Å². The number of unbranched alkanes of at least 4 members (excludes halogenated alkanes) is 2. The van der Waals surface area contributed by atoms with Crippen molar-refractivity contribution in [2.45, 2.75) is 98.1 Å². The van der Waals surface area contributed by atoms with E-state index in [4.69, 9.17) is 0 Å². The molecule has 0 saturated carbocycles. The fraction of sp³-hybridized carbons (Fsp3) is 0.750. The molecule has 2 unspecified atom stereocenters. The summed E-state index contributed by atoms with van der Waals surface area (Å²) in [7, 11) is 0. The largest absolute Gasteiger partial charge is 0.352 e. The monoisotopic (exact) mass is 407 g/mol. The number of nitrogens with zero attached hydrogens (tertiary/aromatic N) is 1. The highest BCUT2D eigenvalue weighted by molar-refractivity contribution is 5.76. The highest BCUT2D eigenvalue weighted by Crippen LogP contribution is 2.02. The predicted octanol–water partition coefficient (Wildman–Crippen LogP) is 4.59. The lowest BCUT2D eigenvalue weighted by Gasteiger charge is -2.28. The SMILES string of the molecule is CC/C=C/CCCC(=O)NC(C)CN(CC)CC(C)NC(=O)CCC/C=C/CC. The molecule has 5 nitrogen and oxygen atoms in total. The Balaban J connectivity index is 4.10. The minimum Gasteiger partial charge on any atom is -0.352 e. The first-order valence-corrected chi connectivity index (χ1v) is 11.5. The standard InChI is InChI=1S/C24H45N3O2/c1-6-9-11-13-15-17-23(28)25-21(4)19-27(8-3)20-22(5)26-24(29)18-16-14-12-10-7-2/h9-12,21-22H,6-8,13-20H2,1-5H3,(H,25,28)(H,26,29)/b11-9+,12-10+. The number of nitrogens with one attached hydrogen (secondary N) is 2. The van der Waals surface area contributed by atoms with Crippen molar-refractivity contribution >= 4 is 11.8 Å². The van der Waals surface area contributed by atoms with Crippen molar-refractivity contribution in [3.8, 4) is 0 Å². The van der Waals surface area contributed by atoms with Crippen molar-refractivity contribution in [3.63, 3.8) is 0 Å². The Morgan fingerprint density at radius 3 is 1.52 bits per heavy atom. The maximum Gasteiger partial charge on any atom is 0.220 e. The van der Waals surface area contributed by atoms with E-state index in [9.17, 15) is 9.59 Å². The predicted molar refractivity (Wildman–Crippen MR) is 124 cm³/mol. The number of allylic oxidation sites excluding steroid dienone is 4. The average Bonchev–Trinajstić information content (AvgIpc) is 2.66. The smallest absolute Gasteiger partial charge is 0.220 e. The van der Waals surface area contributed by atoms with E-state index in [1.54, 1.807) is 0 Å². The molecule has 0 aliphatic carbocycles. The molecule has 0 radical (unpaired) electrons. The van der Waals surface area contributed by atoms with E-state index in [-0.39, 0.29) is 23.9 Å². The van der Waals surface area contributed by atoms with Gasteiger partial charge in [0.2, 0.25) is 11.8 Å². The summed E-state index contributed by atoms with van der Waals surface area (Å²) in [4.78, 5) is 26.4. The lowest BCUT2D eigenvalue weighted by Crippen LogP contribution is -2.47. The van der Waals surface area contributed by atoms with Crippen molar-refractivity contribution in [2.24, 2.45) is 0 Å². The van der Waals surface area contributed by atoms with E-state index in [1.807, 2.05) is 13.8 Å². The third kappa shape index (κ3) is 17.0. The summed E-state index contributed by atoms with van der Waals surface area (Å²) in [5.41, 5.74) is 0. The summed E-state index contributed by atoms with van der Waals surface area (Å²) in [5, 5.41) is 6.19. The third-order valence-corrected chi connectivity index (χ3v) is 4.68. The van der Waals surface area contributed by atoms with Gasteiger partial charge in [0.15, 0.2) is 0 Å². The van der Waals surface area contributed by atoms with E-state index < -0.39 is 0 Å². The number of amides is 2. The molecule has 0 saturated heterocycles. The fourth-order valence-electron chi connectivity index (χ4n) is 3.22. The van der Waals surface area contributed by atoms with Crippen LogP contribution in [0.3, 0.4) is 0 Å². The van der Waals surface area contributed by atoms with Crippen molar-refractivity contribution in [3.05, 3.63) is 24.3 Å². The maximum absolute atomic E-state index is 12.1. The molecule has 0 bridgehead atoms. The number of rotatable bonds is 17. The molecule has 0 heterocycles. The molecule has 2 amide bonds. The van der Waals surface area contributed by atoms with Crippen LogP contribution in [0.2, 0.25) is 0 Å². The van der Waals surface area contributed by atoms with Gasteiger partial charge in [-0.15, -0.1) is 0 Å². The molecule has 5 heteroatoms. The first kappa shape index (κ1) is 27.4. The number of hydrogen-bond donors (Lipinski definition) is 2. The van der Waals surface area contributed by atoms with Crippen LogP contribution in [0.1, 0.15) is 86.0 Å². The molecule has 2 N–H and O–H groups in total.